The maximum Gasteiger partial charge on any atom is 0.343 e. The van der Waals surface area contributed by atoms with Crippen LogP contribution in [0.3, 0.4) is 0 Å². The standard InChI is InChI=1S/C20H23F4N3O3/c1-2-30-20(29)14-10-26-17-12(9-16(23)24)18(27-5-3-25-4-6-27)11(8-15(21)22)7-13(17)19(14)28/h7,10,15-16,25H,2-6,8-9H2,1H3,(H,26,28). The van der Waals surface area contributed by atoms with Gasteiger partial charge in [0, 0.05) is 61.9 Å². The van der Waals surface area contributed by atoms with Crippen LogP contribution >= 0.6 is 0 Å². The third-order valence-electron chi connectivity index (χ3n) is 4.99. The second kappa shape index (κ2) is 9.46. The summed E-state index contributed by atoms with van der Waals surface area (Å²) in [6.45, 7) is 3.71. The number of esters is 1. The van der Waals surface area contributed by atoms with Crippen molar-refractivity contribution in [2.75, 3.05) is 37.7 Å². The molecule has 1 aromatic heterocycles. The number of anilines is 1. The molecule has 2 aromatic rings. The lowest BCUT2D eigenvalue weighted by atomic mass is 9.95. The Balaban J connectivity index is 2.29. The Morgan fingerprint density at radius 3 is 2.43 bits per heavy atom. The van der Waals surface area contributed by atoms with Crippen LogP contribution in [0.5, 0.6) is 0 Å². The van der Waals surface area contributed by atoms with E-state index >= 15 is 0 Å². The van der Waals surface area contributed by atoms with Crippen molar-refractivity contribution in [2.45, 2.75) is 32.6 Å². The number of H-pyrrole nitrogens is 1. The lowest BCUT2D eigenvalue weighted by Crippen LogP contribution is -2.44. The molecule has 0 radical (unpaired) electrons. The Labute approximate surface area is 170 Å². The topological polar surface area (TPSA) is 74.4 Å². The highest BCUT2D eigenvalue weighted by Gasteiger charge is 2.26. The maximum absolute atomic E-state index is 13.5. The number of carbonyl (C=O) groups excluding carboxylic acids is 1. The lowest BCUT2D eigenvalue weighted by molar-refractivity contribution is 0.0524. The highest BCUT2D eigenvalue weighted by molar-refractivity contribution is 5.96. The molecule has 10 heteroatoms. The fraction of sp³-hybridized carbons (Fsp3) is 0.500. The summed E-state index contributed by atoms with van der Waals surface area (Å²) in [6, 6.07) is 1.29. The second-order valence-corrected chi connectivity index (χ2v) is 6.96. The van der Waals surface area contributed by atoms with Crippen molar-refractivity contribution >= 4 is 22.6 Å². The number of nitrogens with one attached hydrogen (secondary N) is 2. The Kier molecular flexibility index (Phi) is 6.96. The van der Waals surface area contributed by atoms with E-state index in [9.17, 15) is 27.2 Å². The zero-order valence-corrected chi connectivity index (χ0v) is 16.4. The Morgan fingerprint density at radius 2 is 1.83 bits per heavy atom. The van der Waals surface area contributed by atoms with Crippen LogP contribution in [0.15, 0.2) is 17.1 Å². The molecule has 1 aliphatic rings. The van der Waals surface area contributed by atoms with Gasteiger partial charge in [-0.05, 0) is 18.6 Å². The first-order valence-corrected chi connectivity index (χ1v) is 9.72. The van der Waals surface area contributed by atoms with E-state index in [2.05, 4.69) is 10.3 Å². The molecule has 164 valence electrons. The SMILES string of the molecule is CCOC(=O)c1c[nH]c2c(CC(F)F)c(N3CCNCC3)c(CC(F)F)cc2c1=O. The van der Waals surface area contributed by atoms with Crippen LogP contribution in [0, 0.1) is 0 Å². The molecule has 1 aromatic carbocycles. The zero-order valence-electron chi connectivity index (χ0n) is 16.4. The maximum atomic E-state index is 13.5. The molecule has 6 nitrogen and oxygen atoms in total. The van der Waals surface area contributed by atoms with Crippen LogP contribution in [-0.4, -0.2) is 56.6 Å². The number of alkyl halides is 4. The van der Waals surface area contributed by atoms with Crippen molar-refractivity contribution in [1.82, 2.24) is 10.3 Å². The molecule has 30 heavy (non-hydrogen) atoms. The first-order chi connectivity index (χ1) is 14.3. The van der Waals surface area contributed by atoms with Gasteiger partial charge in [0.15, 0.2) is 0 Å². The van der Waals surface area contributed by atoms with E-state index < -0.39 is 37.1 Å². The number of aromatic amines is 1. The largest absolute Gasteiger partial charge is 0.462 e. The zero-order chi connectivity index (χ0) is 21.8. The van der Waals surface area contributed by atoms with Gasteiger partial charge in [-0.25, -0.2) is 22.4 Å². The number of nitrogens with zero attached hydrogens (tertiary/aromatic N) is 1. The van der Waals surface area contributed by atoms with Crippen LogP contribution < -0.4 is 15.6 Å². The molecule has 3 rings (SSSR count). The van der Waals surface area contributed by atoms with Crippen molar-refractivity contribution in [3.63, 3.8) is 0 Å². The van der Waals surface area contributed by atoms with Crippen LogP contribution in [0.4, 0.5) is 23.2 Å². The molecule has 1 aliphatic heterocycles. The van der Waals surface area contributed by atoms with Gasteiger partial charge in [0.1, 0.15) is 5.56 Å². The van der Waals surface area contributed by atoms with Gasteiger partial charge in [-0.2, -0.15) is 0 Å². The third-order valence-corrected chi connectivity index (χ3v) is 4.99. The average molecular weight is 429 g/mol. The van der Waals surface area contributed by atoms with E-state index in [-0.39, 0.29) is 34.2 Å². The molecule has 2 N–H and O–H groups in total. The summed E-state index contributed by atoms with van der Waals surface area (Å²) in [4.78, 5) is 29.5. The number of ether oxygens (including phenoxy) is 1. The number of hydrogen-bond acceptors (Lipinski definition) is 5. The van der Waals surface area contributed by atoms with Gasteiger partial charge < -0.3 is 19.9 Å². The number of rotatable bonds is 7. The number of pyridine rings is 1. The van der Waals surface area contributed by atoms with Gasteiger partial charge in [-0.3, -0.25) is 4.79 Å². The first-order valence-electron chi connectivity index (χ1n) is 9.72. The molecule has 0 spiro atoms. The van der Waals surface area contributed by atoms with Crippen molar-refractivity contribution in [3.05, 3.63) is 39.2 Å². The Hall–Kier alpha value is -2.62. The number of fused-ring (bicyclic) bond motifs is 1. The highest BCUT2D eigenvalue weighted by atomic mass is 19.3. The number of hydrogen-bond donors (Lipinski definition) is 2. The smallest absolute Gasteiger partial charge is 0.343 e. The number of aromatic nitrogens is 1. The number of benzene rings is 1. The van der Waals surface area contributed by atoms with Crippen LogP contribution in [0.2, 0.25) is 0 Å². The van der Waals surface area contributed by atoms with Crippen LogP contribution in [0.1, 0.15) is 28.4 Å². The predicted octanol–water partition coefficient (Wildman–Crippen LogP) is 2.73. The molecule has 2 heterocycles. The monoisotopic (exact) mass is 429 g/mol. The summed E-state index contributed by atoms with van der Waals surface area (Å²) in [5, 5.41) is 3.06. The summed E-state index contributed by atoms with van der Waals surface area (Å²) in [5.41, 5.74) is -0.386. The van der Waals surface area contributed by atoms with Gasteiger partial charge in [-0.15, -0.1) is 0 Å². The summed E-state index contributed by atoms with van der Waals surface area (Å²) >= 11 is 0. The van der Waals surface area contributed by atoms with E-state index in [4.69, 9.17) is 4.74 Å². The molecule has 1 saturated heterocycles. The van der Waals surface area contributed by atoms with E-state index in [0.717, 1.165) is 6.20 Å². The van der Waals surface area contributed by atoms with Crippen molar-refractivity contribution in [1.29, 1.82) is 0 Å². The van der Waals surface area contributed by atoms with Gasteiger partial charge >= 0.3 is 5.97 Å². The molecular formula is C20H23F4N3O3. The average Bonchev–Trinajstić information content (AvgIpc) is 2.69. The molecule has 0 amide bonds. The molecule has 0 unspecified atom stereocenters. The Morgan fingerprint density at radius 1 is 1.17 bits per heavy atom. The quantitative estimate of drug-likeness (QED) is 0.523. The summed E-state index contributed by atoms with van der Waals surface area (Å²) < 4.78 is 58.4. The minimum absolute atomic E-state index is 0.0471. The summed E-state index contributed by atoms with van der Waals surface area (Å²) in [6.07, 6.45) is -5.73. The first kappa shape index (κ1) is 22.1. The van der Waals surface area contributed by atoms with E-state index in [0.29, 0.717) is 31.9 Å². The summed E-state index contributed by atoms with van der Waals surface area (Å²) in [7, 11) is 0. The fourth-order valence-electron chi connectivity index (χ4n) is 3.81. The Bertz CT molecular complexity index is 972. The number of carbonyl (C=O) groups is 1. The fourth-order valence-corrected chi connectivity index (χ4v) is 3.81. The minimum Gasteiger partial charge on any atom is -0.462 e. The molecular weight excluding hydrogens is 406 g/mol. The van der Waals surface area contributed by atoms with Gasteiger partial charge in [0.05, 0.1) is 12.1 Å². The van der Waals surface area contributed by atoms with Gasteiger partial charge in [0.25, 0.3) is 0 Å². The van der Waals surface area contributed by atoms with Crippen LogP contribution in [0.25, 0.3) is 10.9 Å². The molecule has 0 bridgehead atoms. The van der Waals surface area contributed by atoms with E-state index in [1.54, 1.807) is 11.8 Å². The molecule has 0 atom stereocenters. The third kappa shape index (κ3) is 4.58. The normalized spacial score (nSPS) is 14.7. The lowest BCUT2D eigenvalue weighted by Gasteiger charge is -2.33. The van der Waals surface area contributed by atoms with Crippen molar-refractivity contribution in [2.24, 2.45) is 0 Å². The van der Waals surface area contributed by atoms with E-state index in [1.807, 2.05) is 0 Å². The molecule has 1 fully saturated rings. The molecule has 0 saturated carbocycles. The van der Waals surface area contributed by atoms with E-state index in [1.165, 1.54) is 6.07 Å². The van der Waals surface area contributed by atoms with Gasteiger partial charge in [-0.1, -0.05) is 0 Å². The molecule has 0 aliphatic carbocycles. The highest BCUT2D eigenvalue weighted by Crippen LogP contribution is 2.34. The second-order valence-electron chi connectivity index (χ2n) is 6.96. The number of halogens is 4. The van der Waals surface area contributed by atoms with Crippen molar-refractivity contribution in [3.8, 4) is 0 Å². The van der Waals surface area contributed by atoms with Gasteiger partial charge in [0.2, 0.25) is 18.3 Å². The minimum atomic E-state index is -2.75. The van der Waals surface area contributed by atoms with Crippen molar-refractivity contribution < 1.29 is 27.1 Å². The summed E-state index contributed by atoms with van der Waals surface area (Å²) in [5.74, 6) is -0.863. The predicted molar refractivity (Wildman–Crippen MR) is 105 cm³/mol. The van der Waals surface area contributed by atoms with Crippen LogP contribution in [-0.2, 0) is 17.6 Å². The number of piperazine rings is 1.